The first kappa shape index (κ1) is 19.0. The number of nitrogens with one attached hydrogen (secondary N) is 2. The maximum Gasteiger partial charge on any atom is 0.294 e. The third-order valence-corrected chi connectivity index (χ3v) is 3.71. The normalized spacial score (nSPS) is 16.1. The van der Waals surface area contributed by atoms with Crippen molar-refractivity contribution < 1.29 is 26.0 Å². The number of rotatable bonds is 1. The highest BCUT2D eigenvalue weighted by Gasteiger charge is 2.27. The molecule has 1 aliphatic heterocycles. The molecule has 0 bridgehead atoms. The van der Waals surface area contributed by atoms with Gasteiger partial charge in [0.1, 0.15) is 0 Å². The van der Waals surface area contributed by atoms with Gasteiger partial charge in [-0.25, -0.2) is 22.7 Å². The highest BCUT2D eigenvalue weighted by molar-refractivity contribution is 8.11. The SMILES string of the molecule is Fc1c(F)c(F)c2c(C3CCNCC3)c[nH]c2c1F.NS(=O)(=O)Cl. The lowest BCUT2D eigenvalue weighted by atomic mass is 9.90. The van der Waals surface area contributed by atoms with Gasteiger partial charge in [0.25, 0.3) is 9.24 Å². The van der Waals surface area contributed by atoms with Crippen molar-refractivity contribution in [3.8, 4) is 0 Å². The molecule has 1 aliphatic rings. The Balaban J connectivity index is 0.000000368. The van der Waals surface area contributed by atoms with Gasteiger partial charge in [0.2, 0.25) is 0 Å². The summed E-state index contributed by atoms with van der Waals surface area (Å²) in [5, 5.41) is 7.09. The van der Waals surface area contributed by atoms with Gasteiger partial charge < -0.3 is 10.3 Å². The summed E-state index contributed by atoms with van der Waals surface area (Å²) in [6.07, 6.45) is 2.96. The topological polar surface area (TPSA) is 88.0 Å². The lowest BCUT2D eigenvalue weighted by molar-refractivity contribution is 0.416. The Morgan fingerprint density at radius 1 is 1.04 bits per heavy atom. The first-order valence-electron chi connectivity index (χ1n) is 6.87. The molecule has 0 spiro atoms. The van der Waals surface area contributed by atoms with Crippen LogP contribution in [0, 0.1) is 23.3 Å². The van der Waals surface area contributed by atoms with Crippen molar-refractivity contribution in [1.29, 1.82) is 0 Å². The summed E-state index contributed by atoms with van der Waals surface area (Å²) in [5.74, 6) is -6.19. The van der Waals surface area contributed by atoms with E-state index in [-0.39, 0.29) is 16.8 Å². The Bertz CT molecular complexity index is 843. The van der Waals surface area contributed by atoms with Crippen LogP contribution in [0.4, 0.5) is 17.6 Å². The third kappa shape index (κ3) is 4.18. The molecule has 1 saturated heterocycles. The van der Waals surface area contributed by atoms with E-state index in [1.54, 1.807) is 0 Å². The molecule has 3 rings (SSSR count). The summed E-state index contributed by atoms with van der Waals surface area (Å²) in [7, 11) is 0.586. The Hall–Kier alpha value is -1.36. The predicted octanol–water partition coefficient (Wildman–Crippen LogP) is 2.62. The van der Waals surface area contributed by atoms with Crippen LogP contribution in [0.15, 0.2) is 6.20 Å². The maximum atomic E-state index is 13.9. The first-order chi connectivity index (χ1) is 11.1. The molecule has 24 heavy (non-hydrogen) atoms. The predicted molar refractivity (Wildman–Crippen MR) is 81.9 cm³/mol. The van der Waals surface area contributed by atoms with E-state index in [1.807, 2.05) is 0 Å². The molecule has 2 aromatic rings. The number of piperidine rings is 1. The van der Waals surface area contributed by atoms with Crippen molar-refractivity contribution in [2.45, 2.75) is 18.8 Å². The number of aromatic amines is 1. The number of hydrogen-bond acceptors (Lipinski definition) is 3. The van der Waals surface area contributed by atoms with Gasteiger partial charge in [-0.1, -0.05) is 0 Å². The van der Waals surface area contributed by atoms with Crippen molar-refractivity contribution in [3.05, 3.63) is 35.0 Å². The van der Waals surface area contributed by atoms with Crippen LogP contribution in [0.5, 0.6) is 0 Å². The average molecular weight is 388 g/mol. The standard InChI is InChI=1S/C13H12F4N2.ClH2NO2S/c14-9-8-7(6-1-3-18-4-2-6)5-19-13(8)12(17)11(16)10(9)15;1-5(2,3)4/h5-6,18-19H,1-4H2;(H2,2,3,4). The summed E-state index contributed by atoms with van der Waals surface area (Å²) in [6, 6.07) is 0. The molecule has 11 heteroatoms. The van der Waals surface area contributed by atoms with Crippen LogP contribution in [0.25, 0.3) is 10.9 Å². The van der Waals surface area contributed by atoms with Gasteiger partial charge in [0, 0.05) is 22.3 Å². The van der Waals surface area contributed by atoms with Gasteiger partial charge in [-0.3, -0.25) is 0 Å². The van der Waals surface area contributed by atoms with Crippen molar-refractivity contribution >= 4 is 30.8 Å². The second-order valence-electron chi connectivity index (χ2n) is 5.25. The summed E-state index contributed by atoms with van der Waals surface area (Å²) in [6.45, 7) is 1.54. The molecule has 0 saturated carbocycles. The van der Waals surface area contributed by atoms with Crippen LogP contribution in [0.3, 0.4) is 0 Å². The molecule has 1 aromatic carbocycles. The number of halogens is 5. The summed E-state index contributed by atoms with van der Waals surface area (Å²) >= 11 is 0. The lowest BCUT2D eigenvalue weighted by Gasteiger charge is -2.22. The zero-order valence-corrected chi connectivity index (χ0v) is 13.7. The Morgan fingerprint density at radius 2 is 1.54 bits per heavy atom. The number of nitrogens with two attached hydrogens (primary N) is 1. The van der Waals surface area contributed by atoms with E-state index in [4.69, 9.17) is 0 Å². The summed E-state index contributed by atoms with van der Waals surface area (Å²) in [4.78, 5) is 2.52. The summed E-state index contributed by atoms with van der Waals surface area (Å²) < 4.78 is 72.3. The molecule has 2 heterocycles. The van der Waals surface area contributed by atoms with Crippen LogP contribution in [-0.4, -0.2) is 26.5 Å². The van der Waals surface area contributed by atoms with Crippen molar-refractivity contribution in [1.82, 2.24) is 10.3 Å². The smallest absolute Gasteiger partial charge is 0.294 e. The van der Waals surface area contributed by atoms with Gasteiger partial charge in [0.15, 0.2) is 23.3 Å². The second-order valence-corrected chi connectivity index (χ2v) is 7.49. The molecule has 0 aliphatic carbocycles. The van der Waals surface area contributed by atoms with Gasteiger partial charge >= 0.3 is 0 Å². The van der Waals surface area contributed by atoms with E-state index >= 15 is 0 Å². The Morgan fingerprint density at radius 3 is 2.08 bits per heavy atom. The minimum absolute atomic E-state index is 0.0220. The molecule has 0 atom stereocenters. The van der Waals surface area contributed by atoms with E-state index in [9.17, 15) is 26.0 Å². The fraction of sp³-hybridized carbons (Fsp3) is 0.385. The summed E-state index contributed by atoms with van der Waals surface area (Å²) in [5.41, 5.74) is 0.219. The average Bonchev–Trinajstić information content (AvgIpc) is 2.95. The number of hydrogen-bond donors (Lipinski definition) is 3. The van der Waals surface area contributed by atoms with Crippen LogP contribution >= 0.6 is 10.7 Å². The Labute approximate surface area is 139 Å². The molecule has 0 radical (unpaired) electrons. The van der Waals surface area contributed by atoms with Crippen LogP contribution in [0.1, 0.15) is 24.3 Å². The molecule has 4 N–H and O–H groups in total. The number of aromatic nitrogens is 1. The van der Waals surface area contributed by atoms with E-state index in [2.05, 4.69) is 26.1 Å². The van der Waals surface area contributed by atoms with Crippen molar-refractivity contribution in [2.75, 3.05) is 13.1 Å². The van der Waals surface area contributed by atoms with E-state index < -0.39 is 32.5 Å². The number of H-pyrrole nitrogens is 1. The van der Waals surface area contributed by atoms with Crippen molar-refractivity contribution in [3.63, 3.8) is 0 Å². The van der Waals surface area contributed by atoms with E-state index in [1.165, 1.54) is 6.20 Å². The highest BCUT2D eigenvalue weighted by atomic mass is 35.7. The van der Waals surface area contributed by atoms with Gasteiger partial charge in [-0.15, -0.1) is 0 Å². The molecule has 1 fully saturated rings. The van der Waals surface area contributed by atoms with Crippen LogP contribution in [-0.2, 0) is 9.24 Å². The molecular weight excluding hydrogens is 374 g/mol. The Kier molecular flexibility index (Phi) is 5.74. The minimum Gasteiger partial charge on any atom is -0.358 e. The fourth-order valence-corrected chi connectivity index (χ4v) is 2.72. The largest absolute Gasteiger partial charge is 0.358 e. The van der Waals surface area contributed by atoms with Crippen LogP contribution in [0.2, 0.25) is 0 Å². The van der Waals surface area contributed by atoms with Crippen molar-refractivity contribution in [2.24, 2.45) is 5.14 Å². The second kappa shape index (κ2) is 7.26. The number of fused-ring (bicyclic) bond motifs is 1. The first-order valence-corrected chi connectivity index (χ1v) is 9.24. The van der Waals surface area contributed by atoms with Gasteiger partial charge in [-0.05, 0) is 37.4 Å². The monoisotopic (exact) mass is 387 g/mol. The van der Waals surface area contributed by atoms with Gasteiger partial charge in [-0.2, -0.15) is 8.42 Å². The van der Waals surface area contributed by atoms with E-state index in [0.717, 1.165) is 25.9 Å². The number of benzene rings is 1. The maximum absolute atomic E-state index is 13.9. The van der Waals surface area contributed by atoms with Crippen LogP contribution < -0.4 is 10.5 Å². The fourth-order valence-electron chi connectivity index (χ4n) is 2.72. The molecule has 5 nitrogen and oxygen atoms in total. The minimum atomic E-state index is -3.69. The highest BCUT2D eigenvalue weighted by Crippen LogP contribution is 2.35. The molecular formula is C13H14ClF4N3O2S. The van der Waals surface area contributed by atoms with Gasteiger partial charge in [0.05, 0.1) is 5.52 Å². The molecule has 0 amide bonds. The molecule has 0 unspecified atom stereocenters. The zero-order chi connectivity index (χ0) is 18.1. The third-order valence-electron chi connectivity index (χ3n) is 3.71. The zero-order valence-electron chi connectivity index (χ0n) is 12.2. The quantitative estimate of drug-likeness (QED) is 0.304. The molecule has 134 valence electrons. The van der Waals surface area contributed by atoms with E-state index in [0.29, 0.717) is 5.56 Å². The molecule has 1 aromatic heterocycles. The lowest BCUT2D eigenvalue weighted by Crippen LogP contribution is -2.26.